The van der Waals surface area contributed by atoms with Crippen molar-refractivity contribution in [2.75, 3.05) is 20.1 Å². The molecular weight excluding hydrogens is 274 g/mol. The van der Waals surface area contributed by atoms with Crippen LogP contribution in [0.2, 0.25) is 0 Å². The number of fused-ring (bicyclic) bond motifs is 1. The SMILES string of the molecule is CNC(=S)N1CCC[C@@H](c2nc3ccccc3s2)C1. The van der Waals surface area contributed by atoms with Gasteiger partial charge < -0.3 is 10.2 Å². The molecule has 1 saturated heterocycles. The first-order valence-corrected chi connectivity index (χ1v) is 7.82. The van der Waals surface area contributed by atoms with Crippen molar-refractivity contribution >= 4 is 38.9 Å². The van der Waals surface area contributed by atoms with E-state index in [0.717, 1.165) is 23.7 Å². The number of thiazole rings is 1. The highest BCUT2D eigenvalue weighted by Crippen LogP contribution is 2.32. The topological polar surface area (TPSA) is 28.2 Å². The van der Waals surface area contributed by atoms with Crippen LogP contribution in [-0.2, 0) is 0 Å². The van der Waals surface area contributed by atoms with Crippen molar-refractivity contribution in [3.05, 3.63) is 29.3 Å². The minimum Gasteiger partial charge on any atom is -0.366 e. The molecule has 1 aliphatic rings. The number of nitrogens with zero attached hydrogens (tertiary/aromatic N) is 2. The van der Waals surface area contributed by atoms with Crippen LogP contribution in [0.1, 0.15) is 23.8 Å². The quantitative estimate of drug-likeness (QED) is 0.818. The maximum atomic E-state index is 5.34. The highest BCUT2D eigenvalue weighted by atomic mass is 32.1. The monoisotopic (exact) mass is 291 g/mol. The van der Waals surface area contributed by atoms with E-state index in [9.17, 15) is 0 Å². The van der Waals surface area contributed by atoms with E-state index in [1.54, 1.807) is 0 Å². The Kier molecular flexibility index (Phi) is 3.66. The zero-order valence-corrected chi connectivity index (χ0v) is 12.6. The molecule has 1 aromatic carbocycles. The summed E-state index contributed by atoms with van der Waals surface area (Å²) >= 11 is 7.16. The van der Waals surface area contributed by atoms with Gasteiger partial charge in [-0.1, -0.05) is 12.1 Å². The van der Waals surface area contributed by atoms with Gasteiger partial charge >= 0.3 is 0 Å². The maximum absolute atomic E-state index is 5.34. The van der Waals surface area contributed by atoms with Crippen molar-refractivity contribution in [3.8, 4) is 0 Å². The van der Waals surface area contributed by atoms with Crippen LogP contribution >= 0.6 is 23.6 Å². The van der Waals surface area contributed by atoms with Gasteiger partial charge in [-0.05, 0) is 37.2 Å². The minimum atomic E-state index is 0.512. The van der Waals surface area contributed by atoms with Crippen molar-refractivity contribution in [3.63, 3.8) is 0 Å². The van der Waals surface area contributed by atoms with Gasteiger partial charge in [0.05, 0.1) is 15.2 Å². The lowest BCUT2D eigenvalue weighted by atomic mass is 9.99. The molecule has 100 valence electrons. The lowest BCUT2D eigenvalue weighted by Gasteiger charge is -2.33. The summed E-state index contributed by atoms with van der Waals surface area (Å²) in [5, 5.41) is 5.18. The molecule has 0 unspecified atom stereocenters. The van der Waals surface area contributed by atoms with E-state index in [4.69, 9.17) is 17.2 Å². The van der Waals surface area contributed by atoms with E-state index in [-0.39, 0.29) is 0 Å². The van der Waals surface area contributed by atoms with E-state index in [2.05, 4.69) is 34.5 Å². The molecule has 3 rings (SSSR count). The fourth-order valence-electron chi connectivity index (χ4n) is 2.59. The summed E-state index contributed by atoms with van der Waals surface area (Å²) in [5.41, 5.74) is 1.12. The summed E-state index contributed by atoms with van der Waals surface area (Å²) < 4.78 is 1.28. The summed E-state index contributed by atoms with van der Waals surface area (Å²) in [7, 11) is 1.89. The summed E-state index contributed by atoms with van der Waals surface area (Å²) in [6.07, 6.45) is 2.39. The number of nitrogens with one attached hydrogen (secondary N) is 1. The van der Waals surface area contributed by atoms with Gasteiger partial charge in [-0.25, -0.2) is 4.98 Å². The number of likely N-dealkylation sites (tertiary alicyclic amines) is 1. The molecule has 2 aromatic rings. The number of hydrogen-bond acceptors (Lipinski definition) is 3. The van der Waals surface area contributed by atoms with Crippen molar-refractivity contribution in [1.29, 1.82) is 0 Å². The van der Waals surface area contributed by atoms with Crippen LogP contribution in [0.15, 0.2) is 24.3 Å². The highest BCUT2D eigenvalue weighted by Gasteiger charge is 2.24. The second-order valence-electron chi connectivity index (χ2n) is 4.86. The molecule has 0 spiro atoms. The van der Waals surface area contributed by atoms with Gasteiger partial charge in [0, 0.05) is 26.1 Å². The van der Waals surface area contributed by atoms with Crippen LogP contribution in [0.5, 0.6) is 0 Å². The number of benzene rings is 1. The fraction of sp³-hybridized carbons (Fsp3) is 0.429. The molecule has 0 bridgehead atoms. The van der Waals surface area contributed by atoms with Crippen LogP contribution < -0.4 is 5.32 Å². The second kappa shape index (κ2) is 5.43. The van der Waals surface area contributed by atoms with E-state index in [1.165, 1.54) is 22.5 Å². The third kappa shape index (κ3) is 2.58. The molecule has 5 heteroatoms. The summed E-state index contributed by atoms with van der Waals surface area (Å²) in [4.78, 5) is 7.04. The van der Waals surface area contributed by atoms with Gasteiger partial charge in [-0.3, -0.25) is 0 Å². The van der Waals surface area contributed by atoms with Crippen LogP contribution in [0.25, 0.3) is 10.2 Å². The van der Waals surface area contributed by atoms with Crippen LogP contribution in [0, 0.1) is 0 Å². The molecule has 0 radical (unpaired) electrons. The number of rotatable bonds is 1. The molecule has 1 N–H and O–H groups in total. The Morgan fingerprint density at radius 2 is 2.32 bits per heavy atom. The standard InChI is InChI=1S/C14H17N3S2/c1-15-14(18)17-8-4-5-10(9-17)13-16-11-6-2-3-7-12(11)19-13/h2-3,6-7,10H,4-5,8-9H2,1H3,(H,15,18)/t10-/m1/s1. The summed E-state index contributed by atoms with van der Waals surface area (Å²) in [6, 6.07) is 8.37. The molecule has 1 atom stereocenters. The lowest BCUT2D eigenvalue weighted by Crippen LogP contribution is -2.43. The van der Waals surface area contributed by atoms with Crippen LogP contribution in [0.3, 0.4) is 0 Å². The Balaban J connectivity index is 1.83. The Bertz CT molecular complexity index is 560. The number of aromatic nitrogens is 1. The third-order valence-electron chi connectivity index (χ3n) is 3.58. The van der Waals surface area contributed by atoms with Crippen molar-refractivity contribution in [2.24, 2.45) is 0 Å². The van der Waals surface area contributed by atoms with Crippen LogP contribution in [-0.4, -0.2) is 35.1 Å². The lowest BCUT2D eigenvalue weighted by molar-refractivity contribution is 0.307. The molecule has 1 aromatic heterocycles. The van der Waals surface area contributed by atoms with Gasteiger partial charge in [-0.2, -0.15) is 0 Å². The smallest absolute Gasteiger partial charge is 0.168 e. The Hall–Kier alpha value is -1.20. The molecule has 19 heavy (non-hydrogen) atoms. The van der Waals surface area contributed by atoms with Crippen molar-refractivity contribution < 1.29 is 0 Å². The van der Waals surface area contributed by atoms with Crippen LogP contribution in [0.4, 0.5) is 0 Å². The zero-order chi connectivity index (χ0) is 13.2. The second-order valence-corrected chi connectivity index (χ2v) is 6.31. The molecule has 3 nitrogen and oxygen atoms in total. The Morgan fingerprint density at radius 1 is 1.47 bits per heavy atom. The van der Waals surface area contributed by atoms with E-state index < -0.39 is 0 Å². The van der Waals surface area contributed by atoms with E-state index in [0.29, 0.717) is 5.92 Å². The number of piperidine rings is 1. The Morgan fingerprint density at radius 3 is 3.11 bits per heavy atom. The average molecular weight is 291 g/mol. The maximum Gasteiger partial charge on any atom is 0.168 e. The molecule has 1 fully saturated rings. The molecule has 0 amide bonds. The van der Waals surface area contributed by atoms with Gasteiger partial charge in [0.2, 0.25) is 0 Å². The number of hydrogen-bond donors (Lipinski definition) is 1. The molecule has 2 heterocycles. The normalized spacial score (nSPS) is 19.6. The first kappa shape index (κ1) is 12.8. The van der Waals surface area contributed by atoms with Crippen molar-refractivity contribution in [2.45, 2.75) is 18.8 Å². The fourth-order valence-corrected chi connectivity index (χ4v) is 3.84. The predicted octanol–water partition coefficient (Wildman–Crippen LogP) is 2.98. The average Bonchev–Trinajstić information content (AvgIpc) is 2.90. The van der Waals surface area contributed by atoms with Crippen molar-refractivity contribution in [1.82, 2.24) is 15.2 Å². The molecule has 0 saturated carbocycles. The molecule has 1 aliphatic heterocycles. The number of thiocarbonyl (C=S) groups is 1. The van der Waals surface area contributed by atoms with E-state index >= 15 is 0 Å². The van der Waals surface area contributed by atoms with Gasteiger partial charge in [0.15, 0.2) is 5.11 Å². The Labute approximate surface area is 122 Å². The molecular formula is C14H17N3S2. The van der Waals surface area contributed by atoms with E-state index in [1.807, 2.05) is 18.4 Å². The minimum absolute atomic E-state index is 0.512. The molecule has 0 aliphatic carbocycles. The zero-order valence-electron chi connectivity index (χ0n) is 10.9. The van der Waals surface area contributed by atoms with Gasteiger partial charge in [-0.15, -0.1) is 11.3 Å². The predicted molar refractivity (Wildman–Crippen MR) is 84.8 cm³/mol. The first-order chi connectivity index (χ1) is 9.28. The first-order valence-electron chi connectivity index (χ1n) is 6.60. The largest absolute Gasteiger partial charge is 0.366 e. The van der Waals surface area contributed by atoms with Gasteiger partial charge in [0.1, 0.15) is 0 Å². The summed E-state index contributed by atoms with van der Waals surface area (Å²) in [5.74, 6) is 0.512. The van der Waals surface area contributed by atoms with Gasteiger partial charge in [0.25, 0.3) is 0 Å². The summed E-state index contributed by atoms with van der Waals surface area (Å²) in [6.45, 7) is 2.04. The third-order valence-corrected chi connectivity index (χ3v) is 5.24. The highest BCUT2D eigenvalue weighted by molar-refractivity contribution is 7.80. The number of para-hydroxylation sites is 1.